The maximum atomic E-state index is 13.1. The Morgan fingerprint density at radius 3 is 2.70 bits per heavy atom. The van der Waals surface area contributed by atoms with Gasteiger partial charge in [0.2, 0.25) is 11.8 Å². The Hall–Kier alpha value is -1.95. The molecule has 0 aromatic heterocycles. The number of piperazine rings is 1. The van der Waals surface area contributed by atoms with Crippen LogP contribution in [0.25, 0.3) is 0 Å². The third kappa shape index (κ3) is 6.03. The molecule has 6 heteroatoms. The molecule has 2 aliphatic rings. The van der Waals surface area contributed by atoms with E-state index in [4.69, 9.17) is 0 Å². The first-order valence-electron chi connectivity index (χ1n) is 10.1. The molecule has 2 amide bonds. The topological polar surface area (TPSA) is 61.4 Å². The fourth-order valence-corrected chi connectivity index (χ4v) is 4.16. The Morgan fingerprint density at radius 2 is 1.96 bits per heavy atom. The summed E-state index contributed by atoms with van der Waals surface area (Å²) in [7, 11) is 0. The molecule has 2 fully saturated rings. The van der Waals surface area contributed by atoms with Gasteiger partial charge in [-0.05, 0) is 36.5 Å². The van der Waals surface area contributed by atoms with E-state index in [2.05, 4.69) is 10.6 Å². The van der Waals surface area contributed by atoms with E-state index in [0.717, 1.165) is 17.9 Å². The zero-order chi connectivity index (χ0) is 19.1. The van der Waals surface area contributed by atoms with Gasteiger partial charge in [-0.25, -0.2) is 4.39 Å². The summed E-state index contributed by atoms with van der Waals surface area (Å²) < 4.78 is 13.1. The van der Waals surface area contributed by atoms with Gasteiger partial charge in [-0.3, -0.25) is 14.5 Å². The van der Waals surface area contributed by atoms with Gasteiger partial charge >= 0.3 is 0 Å². The van der Waals surface area contributed by atoms with E-state index < -0.39 is 6.04 Å². The summed E-state index contributed by atoms with van der Waals surface area (Å²) in [6.07, 6.45) is 7.70. The van der Waals surface area contributed by atoms with Crippen molar-refractivity contribution < 1.29 is 14.0 Å². The van der Waals surface area contributed by atoms with Crippen molar-refractivity contribution >= 4 is 11.8 Å². The number of nitrogens with zero attached hydrogens (tertiary/aromatic N) is 1. The maximum absolute atomic E-state index is 13.1. The van der Waals surface area contributed by atoms with Crippen molar-refractivity contribution in [1.29, 1.82) is 0 Å². The number of carbonyl (C=O) groups is 2. The lowest BCUT2D eigenvalue weighted by atomic mass is 10.0. The molecule has 1 saturated heterocycles. The summed E-state index contributed by atoms with van der Waals surface area (Å²) in [6, 6.07) is 5.82. The van der Waals surface area contributed by atoms with Gasteiger partial charge in [0.05, 0.1) is 12.5 Å². The normalized spacial score (nSPS) is 21.2. The molecule has 0 spiro atoms. The van der Waals surface area contributed by atoms with Crippen molar-refractivity contribution in [3.63, 3.8) is 0 Å². The van der Waals surface area contributed by atoms with Gasteiger partial charge in [-0.2, -0.15) is 0 Å². The highest BCUT2D eigenvalue weighted by Gasteiger charge is 2.31. The Kier molecular flexibility index (Phi) is 7.21. The third-order valence-corrected chi connectivity index (χ3v) is 5.71. The van der Waals surface area contributed by atoms with Gasteiger partial charge in [-0.15, -0.1) is 0 Å². The monoisotopic (exact) mass is 375 g/mol. The minimum absolute atomic E-state index is 0.0763. The van der Waals surface area contributed by atoms with Gasteiger partial charge in [0.15, 0.2) is 0 Å². The largest absolute Gasteiger partial charge is 0.356 e. The van der Waals surface area contributed by atoms with Crippen LogP contribution in [0.5, 0.6) is 0 Å². The van der Waals surface area contributed by atoms with Crippen molar-refractivity contribution in [2.45, 2.75) is 57.5 Å². The molecule has 148 valence electrons. The zero-order valence-electron chi connectivity index (χ0n) is 15.9. The van der Waals surface area contributed by atoms with E-state index in [1.807, 2.05) is 4.90 Å². The molecule has 1 atom stereocenters. The second-order valence-corrected chi connectivity index (χ2v) is 7.75. The van der Waals surface area contributed by atoms with Crippen LogP contribution in [0.15, 0.2) is 24.3 Å². The first-order chi connectivity index (χ1) is 13.1. The molecule has 1 saturated carbocycles. The Balaban J connectivity index is 1.46. The molecule has 1 aliphatic carbocycles. The van der Waals surface area contributed by atoms with Crippen molar-refractivity contribution in [3.05, 3.63) is 35.6 Å². The summed E-state index contributed by atoms with van der Waals surface area (Å²) in [5, 5.41) is 5.82. The van der Waals surface area contributed by atoms with Crippen LogP contribution in [0.1, 0.15) is 50.5 Å². The number of hydrogen-bond acceptors (Lipinski definition) is 3. The predicted octanol–water partition coefficient (Wildman–Crippen LogP) is 2.60. The number of halogens is 1. The molecule has 0 bridgehead atoms. The van der Waals surface area contributed by atoms with Crippen LogP contribution >= 0.6 is 0 Å². The van der Waals surface area contributed by atoms with Gasteiger partial charge in [-0.1, -0.05) is 37.8 Å². The molecule has 1 aromatic carbocycles. The number of benzene rings is 1. The second-order valence-electron chi connectivity index (χ2n) is 7.75. The maximum Gasteiger partial charge on any atom is 0.237 e. The number of nitrogens with one attached hydrogen (secondary N) is 2. The van der Waals surface area contributed by atoms with Crippen LogP contribution in [-0.2, 0) is 16.1 Å². The van der Waals surface area contributed by atoms with Gasteiger partial charge in [0, 0.05) is 26.2 Å². The molecular formula is C21H30FN3O2. The lowest BCUT2D eigenvalue weighted by Crippen LogP contribution is -2.56. The molecule has 2 N–H and O–H groups in total. The number of hydrogen-bond donors (Lipinski definition) is 2. The lowest BCUT2D eigenvalue weighted by Gasteiger charge is -2.34. The van der Waals surface area contributed by atoms with Crippen molar-refractivity contribution in [2.24, 2.45) is 5.92 Å². The summed E-state index contributed by atoms with van der Waals surface area (Å²) in [4.78, 5) is 26.6. The quantitative estimate of drug-likeness (QED) is 0.687. The lowest BCUT2D eigenvalue weighted by molar-refractivity contribution is -0.134. The molecule has 5 nitrogen and oxygen atoms in total. The molecule has 0 radical (unpaired) electrons. The molecule has 1 aliphatic heterocycles. The molecule has 1 unspecified atom stereocenters. The predicted molar refractivity (Wildman–Crippen MR) is 102 cm³/mol. The third-order valence-electron chi connectivity index (χ3n) is 5.71. The van der Waals surface area contributed by atoms with E-state index in [9.17, 15) is 14.0 Å². The highest BCUT2D eigenvalue weighted by Crippen LogP contribution is 2.28. The summed E-state index contributed by atoms with van der Waals surface area (Å²) >= 11 is 0. The van der Waals surface area contributed by atoms with Crippen LogP contribution in [0.3, 0.4) is 0 Å². The standard InChI is InChI=1S/C21H30FN3O2/c22-18-9-7-17(8-10-18)15-25-13-12-24-21(27)19(25)14-20(26)23-11-3-6-16-4-1-2-5-16/h7-10,16,19H,1-6,11-15H2,(H,23,26)(H,24,27). The molecular weight excluding hydrogens is 345 g/mol. The fraction of sp³-hybridized carbons (Fsp3) is 0.619. The fourth-order valence-electron chi connectivity index (χ4n) is 4.16. The number of amides is 2. The average molecular weight is 375 g/mol. The average Bonchev–Trinajstić information content (AvgIpc) is 3.17. The number of carbonyl (C=O) groups excluding carboxylic acids is 2. The minimum Gasteiger partial charge on any atom is -0.356 e. The molecule has 1 aromatic rings. The second kappa shape index (κ2) is 9.83. The van der Waals surface area contributed by atoms with Gasteiger partial charge in [0.25, 0.3) is 0 Å². The van der Waals surface area contributed by atoms with Crippen LogP contribution in [0, 0.1) is 11.7 Å². The first-order valence-corrected chi connectivity index (χ1v) is 10.1. The van der Waals surface area contributed by atoms with Crippen molar-refractivity contribution in [1.82, 2.24) is 15.5 Å². The molecule has 1 heterocycles. The van der Waals surface area contributed by atoms with Crippen LogP contribution in [0.2, 0.25) is 0 Å². The van der Waals surface area contributed by atoms with E-state index >= 15 is 0 Å². The van der Waals surface area contributed by atoms with E-state index in [-0.39, 0.29) is 24.1 Å². The van der Waals surface area contributed by atoms with Crippen LogP contribution < -0.4 is 10.6 Å². The van der Waals surface area contributed by atoms with Crippen LogP contribution in [0.4, 0.5) is 4.39 Å². The highest BCUT2D eigenvalue weighted by atomic mass is 19.1. The SMILES string of the molecule is O=C(CC1C(=O)NCCN1Cc1ccc(F)cc1)NCCCC1CCCC1. The summed E-state index contributed by atoms with van der Waals surface area (Å²) in [5.41, 5.74) is 0.938. The Bertz CT molecular complexity index is 629. The first kappa shape index (κ1) is 19.8. The van der Waals surface area contributed by atoms with Gasteiger partial charge in [0.1, 0.15) is 5.82 Å². The minimum atomic E-state index is -0.473. The van der Waals surface area contributed by atoms with E-state index in [0.29, 0.717) is 26.2 Å². The zero-order valence-corrected chi connectivity index (χ0v) is 15.9. The smallest absolute Gasteiger partial charge is 0.237 e. The van der Waals surface area contributed by atoms with E-state index in [1.54, 1.807) is 12.1 Å². The number of rotatable bonds is 8. The van der Waals surface area contributed by atoms with Crippen molar-refractivity contribution in [2.75, 3.05) is 19.6 Å². The van der Waals surface area contributed by atoms with Gasteiger partial charge < -0.3 is 10.6 Å². The highest BCUT2D eigenvalue weighted by molar-refractivity contribution is 5.88. The Labute approximate surface area is 160 Å². The Morgan fingerprint density at radius 1 is 1.22 bits per heavy atom. The van der Waals surface area contributed by atoms with E-state index in [1.165, 1.54) is 44.2 Å². The summed E-state index contributed by atoms with van der Waals surface area (Å²) in [6.45, 7) is 2.47. The molecule has 27 heavy (non-hydrogen) atoms. The van der Waals surface area contributed by atoms with Crippen molar-refractivity contribution in [3.8, 4) is 0 Å². The van der Waals surface area contributed by atoms with Crippen LogP contribution in [-0.4, -0.2) is 42.4 Å². The molecule has 3 rings (SSSR count). The summed E-state index contributed by atoms with van der Waals surface area (Å²) in [5.74, 6) is 0.373.